The summed E-state index contributed by atoms with van der Waals surface area (Å²) in [5, 5.41) is 3.78. The van der Waals surface area contributed by atoms with Crippen molar-refractivity contribution in [3.8, 4) is 0 Å². The van der Waals surface area contributed by atoms with Gasteiger partial charge in [0.2, 0.25) is 0 Å². The molecule has 2 heteroatoms. The number of methoxy groups -OCH3 is 1. The molecular weight excluding hydrogens is 222 g/mol. The zero-order valence-electron chi connectivity index (χ0n) is 13.7. The van der Waals surface area contributed by atoms with Crippen LogP contribution in [-0.4, -0.2) is 26.3 Å². The predicted molar refractivity (Wildman–Crippen MR) is 81.0 cm³/mol. The van der Waals surface area contributed by atoms with Gasteiger partial charge in [0.1, 0.15) is 0 Å². The molecular formula is C16H35NO. The fourth-order valence-electron chi connectivity index (χ4n) is 2.29. The molecule has 2 nitrogen and oxygen atoms in total. The van der Waals surface area contributed by atoms with Gasteiger partial charge in [-0.2, -0.15) is 0 Å². The number of nitrogens with one attached hydrogen (secondary N) is 1. The van der Waals surface area contributed by atoms with Crippen LogP contribution in [0.4, 0.5) is 0 Å². The molecule has 18 heavy (non-hydrogen) atoms. The third kappa shape index (κ3) is 9.90. The minimum absolute atomic E-state index is 0.322. The Labute approximate surface area is 115 Å². The Hall–Kier alpha value is -0.0800. The molecule has 0 saturated heterocycles. The van der Waals surface area contributed by atoms with Gasteiger partial charge >= 0.3 is 0 Å². The van der Waals surface area contributed by atoms with Gasteiger partial charge in [0.05, 0.1) is 0 Å². The average molecular weight is 257 g/mol. The van der Waals surface area contributed by atoms with E-state index in [1.165, 1.54) is 12.8 Å². The molecule has 0 spiro atoms. The highest BCUT2D eigenvalue weighted by Crippen LogP contribution is 2.21. The van der Waals surface area contributed by atoms with Crippen LogP contribution in [0.2, 0.25) is 0 Å². The van der Waals surface area contributed by atoms with E-state index in [0.717, 1.165) is 31.4 Å². The zero-order valence-corrected chi connectivity index (χ0v) is 13.7. The predicted octanol–water partition coefficient (Wildman–Crippen LogP) is 4.10. The van der Waals surface area contributed by atoms with Crippen molar-refractivity contribution >= 4 is 0 Å². The summed E-state index contributed by atoms with van der Waals surface area (Å²) in [4.78, 5) is 0. The first kappa shape index (κ1) is 17.9. The second-order valence-electron chi connectivity index (χ2n) is 7.24. The van der Waals surface area contributed by atoms with E-state index < -0.39 is 0 Å². The van der Waals surface area contributed by atoms with Gasteiger partial charge in [-0.15, -0.1) is 0 Å². The monoisotopic (exact) mass is 257 g/mol. The Morgan fingerprint density at radius 3 is 1.89 bits per heavy atom. The fraction of sp³-hybridized carbons (Fsp3) is 1.00. The standard InChI is InChI=1S/C16H35NO/c1-13(2)10-15(11-14(3)4)17-12-16(5,6)8-9-18-7/h13-15,17H,8-12H2,1-7H3. The minimum atomic E-state index is 0.322. The molecule has 0 bridgehead atoms. The van der Waals surface area contributed by atoms with Crippen LogP contribution in [-0.2, 0) is 4.74 Å². The first-order valence-corrected chi connectivity index (χ1v) is 7.49. The van der Waals surface area contributed by atoms with Crippen molar-refractivity contribution in [3.05, 3.63) is 0 Å². The Balaban J connectivity index is 4.14. The van der Waals surface area contributed by atoms with Crippen LogP contribution >= 0.6 is 0 Å². The van der Waals surface area contributed by atoms with Crippen LogP contribution in [0, 0.1) is 17.3 Å². The van der Waals surface area contributed by atoms with Gasteiger partial charge in [0.15, 0.2) is 0 Å². The van der Waals surface area contributed by atoms with Gasteiger partial charge in [0.25, 0.3) is 0 Å². The van der Waals surface area contributed by atoms with E-state index in [1.54, 1.807) is 7.11 Å². The van der Waals surface area contributed by atoms with Crippen LogP contribution in [0.15, 0.2) is 0 Å². The van der Waals surface area contributed by atoms with Crippen LogP contribution < -0.4 is 5.32 Å². The molecule has 0 heterocycles. The third-order valence-electron chi connectivity index (χ3n) is 3.36. The lowest BCUT2D eigenvalue weighted by Gasteiger charge is -2.30. The van der Waals surface area contributed by atoms with E-state index >= 15 is 0 Å². The van der Waals surface area contributed by atoms with E-state index in [-0.39, 0.29) is 0 Å². The quantitative estimate of drug-likeness (QED) is 0.636. The summed E-state index contributed by atoms with van der Waals surface area (Å²) < 4.78 is 5.19. The summed E-state index contributed by atoms with van der Waals surface area (Å²) in [7, 11) is 1.78. The molecule has 0 aliphatic carbocycles. The number of hydrogen-bond donors (Lipinski definition) is 1. The van der Waals surface area contributed by atoms with Gasteiger partial charge in [-0.1, -0.05) is 41.5 Å². The molecule has 0 aromatic heterocycles. The maximum atomic E-state index is 5.19. The summed E-state index contributed by atoms with van der Waals surface area (Å²) in [6.07, 6.45) is 3.67. The maximum absolute atomic E-state index is 5.19. The molecule has 0 unspecified atom stereocenters. The van der Waals surface area contributed by atoms with Gasteiger partial charge in [-0.3, -0.25) is 0 Å². The highest BCUT2D eigenvalue weighted by Gasteiger charge is 2.20. The van der Waals surface area contributed by atoms with Crippen molar-refractivity contribution in [1.29, 1.82) is 0 Å². The number of rotatable bonds is 10. The van der Waals surface area contributed by atoms with Crippen LogP contribution in [0.1, 0.15) is 60.8 Å². The Morgan fingerprint density at radius 1 is 1.00 bits per heavy atom. The summed E-state index contributed by atoms with van der Waals surface area (Å²) >= 11 is 0. The Kier molecular flexibility index (Phi) is 8.89. The lowest BCUT2D eigenvalue weighted by molar-refractivity contribution is 0.147. The zero-order chi connectivity index (χ0) is 14.2. The second kappa shape index (κ2) is 8.92. The van der Waals surface area contributed by atoms with Crippen molar-refractivity contribution in [3.63, 3.8) is 0 Å². The van der Waals surface area contributed by atoms with E-state index in [0.29, 0.717) is 11.5 Å². The maximum Gasteiger partial charge on any atom is 0.0467 e. The third-order valence-corrected chi connectivity index (χ3v) is 3.36. The Bertz CT molecular complexity index is 189. The molecule has 0 atom stereocenters. The van der Waals surface area contributed by atoms with Crippen LogP contribution in [0.3, 0.4) is 0 Å². The molecule has 0 aliphatic rings. The molecule has 0 amide bonds. The highest BCUT2D eigenvalue weighted by atomic mass is 16.5. The molecule has 110 valence electrons. The first-order valence-electron chi connectivity index (χ1n) is 7.49. The van der Waals surface area contributed by atoms with E-state index in [9.17, 15) is 0 Å². The number of ether oxygens (including phenoxy) is 1. The molecule has 0 saturated carbocycles. The molecule has 1 N–H and O–H groups in total. The molecule has 0 radical (unpaired) electrons. The van der Waals surface area contributed by atoms with Gasteiger partial charge in [-0.05, 0) is 36.5 Å². The van der Waals surface area contributed by atoms with Crippen molar-refractivity contribution in [2.75, 3.05) is 20.3 Å². The SMILES string of the molecule is COCCC(C)(C)CNC(CC(C)C)CC(C)C. The fourth-order valence-corrected chi connectivity index (χ4v) is 2.29. The summed E-state index contributed by atoms with van der Waals surface area (Å²) in [5.41, 5.74) is 0.322. The topological polar surface area (TPSA) is 21.3 Å². The smallest absolute Gasteiger partial charge is 0.0467 e. The molecule has 0 fully saturated rings. The van der Waals surface area contributed by atoms with Crippen molar-refractivity contribution in [1.82, 2.24) is 5.32 Å². The van der Waals surface area contributed by atoms with Gasteiger partial charge in [-0.25, -0.2) is 0 Å². The molecule has 0 aromatic carbocycles. The lowest BCUT2D eigenvalue weighted by Crippen LogP contribution is -2.39. The minimum Gasteiger partial charge on any atom is -0.385 e. The highest BCUT2D eigenvalue weighted by molar-refractivity contribution is 4.77. The summed E-state index contributed by atoms with van der Waals surface area (Å²) in [5.74, 6) is 1.53. The molecule has 0 aliphatic heterocycles. The van der Waals surface area contributed by atoms with Crippen molar-refractivity contribution in [2.45, 2.75) is 66.8 Å². The summed E-state index contributed by atoms with van der Waals surface area (Å²) in [6.45, 7) is 15.8. The lowest BCUT2D eigenvalue weighted by atomic mass is 9.88. The average Bonchev–Trinajstić information content (AvgIpc) is 2.22. The van der Waals surface area contributed by atoms with Crippen LogP contribution in [0.25, 0.3) is 0 Å². The van der Waals surface area contributed by atoms with Crippen molar-refractivity contribution < 1.29 is 4.74 Å². The van der Waals surface area contributed by atoms with Crippen LogP contribution in [0.5, 0.6) is 0 Å². The summed E-state index contributed by atoms with van der Waals surface area (Å²) in [6, 6.07) is 0.659. The largest absolute Gasteiger partial charge is 0.385 e. The number of hydrogen-bond acceptors (Lipinski definition) is 2. The molecule has 0 aromatic rings. The van der Waals surface area contributed by atoms with E-state index in [1.807, 2.05) is 0 Å². The normalized spacial score (nSPS) is 13.0. The van der Waals surface area contributed by atoms with Gasteiger partial charge in [0, 0.05) is 26.3 Å². The Morgan fingerprint density at radius 2 is 1.50 bits per heavy atom. The van der Waals surface area contributed by atoms with E-state index in [4.69, 9.17) is 4.74 Å². The second-order valence-corrected chi connectivity index (χ2v) is 7.24. The van der Waals surface area contributed by atoms with E-state index in [2.05, 4.69) is 46.9 Å². The van der Waals surface area contributed by atoms with Gasteiger partial charge < -0.3 is 10.1 Å². The van der Waals surface area contributed by atoms with Crippen molar-refractivity contribution in [2.24, 2.45) is 17.3 Å². The first-order chi connectivity index (χ1) is 8.26. The molecule has 0 rings (SSSR count).